The molecule has 0 saturated heterocycles. The van der Waals surface area contributed by atoms with Crippen molar-refractivity contribution in [3.63, 3.8) is 0 Å². The number of hydrogen-bond donors (Lipinski definition) is 1. The molecule has 1 N–H and O–H groups in total. The highest BCUT2D eigenvalue weighted by molar-refractivity contribution is 4.74. The first-order valence-corrected chi connectivity index (χ1v) is 6.37. The molecule has 0 bridgehead atoms. The van der Waals surface area contributed by atoms with Gasteiger partial charge in [0.05, 0.1) is 6.04 Å². The van der Waals surface area contributed by atoms with E-state index in [9.17, 15) is 0 Å². The quantitative estimate of drug-likeness (QED) is 0.336. The molecule has 0 radical (unpaired) electrons. The smallest absolute Gasteiger partial charge is 0.172 e. The lowest BCUT2D eigenvalue weighted by molar-refractivity contribution is -0.154. The predicted molar refractivity (Wildman–Crippen MR) is 68.6 cm³/mol. The molecule has 16 heavy (non-hydrogen) atoms. The summed E-state index contributed by atoms with van der Waals surface area (Å²) in [7, 11) is 0. The molecule has 0 fully saturated rings. The van der Waals surface area contributed by atoms with E-state index in [2.05, 4.69) is 18.8 Å². The Hall–Kier alpha value is -0.380. The van der Waals surface area contributed by atoms with Gasteiger partial charge >= 0.3 is 0 Å². The van der Waals surface area contributed by atoms with Crippen LogP contribution in [-0.4, -0.2) is 32.1 Å². The maximum Gasteiger partial charge on any atom is 0.172 e. The van der Waals surface area contributed by atoms with Gasteiger partial charge < -0.3 is 14.8 Å². The van der Waals surface area contributed by atoms with Crippen LogP contribution in [0.15, 0.2) is 12.7 Å². The van der Waals surface area contributed by atoms with E-state index in [1.807, 2.05) is 19.9 Å². The SMILES string of the molecule is C=CCCCC(NCC)C(OCC)OCC. The van der Waals surface area contributed by atoms with Crippen LogP contribution < -0.4 is 5.32 Å². The summed E-state index contributed by atoms with van der Waals surface area (Å²) in [6.07, 6.45) is 5.06. The molecule has 0 spiro atoms. The van der Waals surface area contributed by atoms with E-state index >= 15 is 0 Å². The molecule has 3 heteroatoms. The van der Waals surface area contributed by atoms with Crippen molar-refractivity contribution in [1.82, 2.24) is 5.32 Å². The Kier molecular flexibility index (Phi) is 10.9. The van der Waals surface area contributed by atoms with Gasteiger partial charge in [0.1, 0.15) is 0 Å². The number of ether oxygens (including phenoxy) is 2. The zero-order valence-corrected chi connectivity index (χ0v) is 11.0. The van der Waals surface area contributed by atoms with Gasteiger partial charge in [0.2, 0.25) is 0 Å². The van der Waals surface area contributed by atoms with Crippen LogP contribution in [0, 0.1) is 0 Å². The Balaban J connectivity index is 4.12. The second kappa shape index (κ2) is 11.1. The molecule has 0 aliphatic carbocycles. The van der Waals surface area contributed by atoms with E-state index in [4.69, 9.17) is 9.47 Å². The second-order valence-corrected chi connectivity index (χ2v) is 3.66. The van der Waals surface area contributed by atoms with Gasteiger partial charge in [-0.1, -0.05) is 13.0 Å². The fraction of sp³-hybridized carbons (Fsp3) is 0.846. The molecule has 0 aromatic heterocycles. The van der Waals surface area contributed by atoms with E-state index in [1.165, 1.54) is 0 Å². The highest BCUT2D eigenvalue weighted by Crippen LogP contribution is 2.10. The first-order chi connectivity index (χ1) is 7.79. The first-order valence-electron chi connectivity index (χ1n) is 6.37. The lowest BCUT2D eigenvalue weighted by atomic mass is 10.1. The van der Waals surface area contributed by atoms with Gasteiger partial charge in [-0.05, 0) is 39.7 Å². The number of unbranched alkanes of at least 4 members (excludes halogenated alkanes) is 1. The summed E-state index contributed by atoms with van der Waals surface area (Å²) in [6.45, 7) is 12.2. The van der Waals surface area contributed by atoms with Crippen LogP contribution in [0.3, 0.4) is 0 Å². The van der Waals surface area contributed by atoms with Crippen molar-refractivity contribution in [2.45, 2.75) is 52.4 Å². The Labute approximate surface area is 100 Å². The maximum absolute atomic E-state index is 5.62. The van der Waals surface area contributed by atoms with Crippen LogP contribution in [0.25, 0.3) is 0 Å². The van der Waals surface area contributed by atoms with Crippen molar-refractivity contribution in [3.05, 3.63) is 12.7 Å². The van der Waals surface area contributed by atoms with Crippen LogP contribution in [-0.2, 0) is 9.47 Å². The van der Waals surface area contributed by atoms with Crippen LogP contribution in [0.1, 0.15) is 40.0 Å². The van der Waals surface area contributed by atoms with Crippen LogP contribution in [0.2, 0.25) is 0 Å². The lowest BCUT2D eigenvalue weighted by Crippen LogP contribution is -2.43. The summed E-state index contributed by atoms with van der Waals surface area (Å²) in [5, 5.41) is 3.43. The van der Waals surface area contributed by atoms with E-state index in [0.29, 0.717) is 13.2 Å². The Morgan fingerprint density at radius 1 is 1.19 bits per heavy atom. The Bertz CT molecular complexity index is 156. The molecule has 0 aromatic rings. The van der Waals surface area contributed by atoms with Gasteiger partial charge in [-0.25, -0.2) is 0 Å². The molecule has 0 rings (SSSR count). The van der Waals surface area contributed by atoms with Crippen molar-refractivity contribution in [1.29, 1.82) is 0 Å². The molecule has 0 heterocycles. The minimum Gasteiger partial charge on any atom is -0.351 e. The van der Waals surface area contributed by atoms with Gasteiger partial charge in [0.15, 0.2) is 6.29 Å². The summed E-state index contributed by atoms with van der Waals surface area (Å²) in [6, 6.07) is 0.282. The topological polar surface area (TPSA) is 30.5 Å². The van der Waals surface area contributed by atoms with Crippen LogP contribution >= 0.6 is 0 Å². The van der Waals surface area contributed by atoms with Gasteiger partial charge in [0, 0.05) is 13.2 Å². The summed E-state index contributed by atoms with van der Waals surface area (Å²) in [5.74, 6) is 0. The fourth-order valence-electron chi connectivity index (χ4n) is 1.69. The summed E-state index contributed by atoms with van der Waals surface area (Å²) in [4.78, 5) is 0. The standard InChI is InChI=1S/C13H27NO2/c1-5-9-10-11-12(14-6-2)13(15-7-3)16-8-4/h5,12-14H,1,6-11H2,2-4H3. The van der Waals surface area contributed by atoms with Gasteiger partial charge in [-0.15, -0.1) is 6.58 Å². The van der Waals surface area contributed by atoms with Crippen LogP contribution in [0.5, 0.6) is 0 Å². The van der Waals surface area contributed by atoms with Crippen molar-refractivity contribution in [2.75, 3.05) is 19.8 Å². The number of nitrogens with one attached hydrogen (secondary N) is 1. The fourth-order valence-corrected chi connectivity index (χ4v) is 1.69. The van der Waals surface area contributed by atoms with Crippen molar-refractivity contribution >= 4 is 0 Å². The Morgan fingerprint density at radius 3 is 2.25 bits per heavy atom. The first kappa shape index (κ1) is 15.6. The monoisotopic (exact) mass is 229 g/mol. The van der Waals surface area contributed by atoms with E-state index in [-0.39, 0.29) is 12.3 Å². The van der Waals surface area contributed by atoms with E-state index < -0.39 is 0 Å². The molecule has 0 amide bonds. The third-order valence-electron chi connectivity index (χ3n) is 2.38. The number of rotatable bonds is 11. The average Bonchev–Trinajstić information content (AvgIpc) is 2.28. The largest absolute Gasteiger partial charge is 0.351 e. The third-order valence-corrected chi connectivity index (χ3v) is 2.38. The molecule has 1 atom stereocenters. The van der Waals surface area contributed by atoms with Crippen molar-refractivity contribution < 1.29 is 9.47 Å². The second-order valence-electron chi connectivity index (χ2n) is 3.66. The summed E-state index contributed by atoms with van der Waals surface area (Å²) < 4.78 is 11.2. The normalized spacial score (nSPS) is 13.0. The van der Waals surface area contributed by atoms with Gasteiger partial charge in [-0.3, -0.25) is 0 Å². The average molecular weight is 229 g/mol. The predicted octanol–water partition coefficient (Wildman–Crippen LogP) is 2.72. The molecule has 0 aliphatic heterocycles. The molecular formula is C13H27NO2. The molecular weight excluding hydrogens is 202 g/mol. The van der Waals surface area contributed by atoms with Crippen molar-refractivity contribution in [3.8, 4) is 0 Å². The highest BCUT2D eigenvalue weighted by Gasteiger charge is 2.20. The lowest BCUT2D eigenvalue weighted by Gasteiger charge is -2.27. The summed E-state index contributed by atoms with van der Waals surface area (Å²) >= 11 is 0. The van der Waals surface area contributed by atoms with E-state index in [0.717, 1.165) is 25.8 Å². The van der Waals surface area contributed by atoms with Gasteiger partial charge in [0.25, 0.3) is 0 Å². The number of hydrogen-bond acceptors (Lipinski definition) is 3. The molecule has 96 valence electrons. The molecule has 0 aliphatic rings. The maximum atomic E-state index is 5.62. The molecule has 0 saturated carbocycles. The summed E-state index contributed by atoms with van der Waals surface area (Å²) in [5.41, 5.74) is 0. The van der Waals surface area contributed by atoms with Crippen LogP contribution in [0.4, 0.5) is 0 Å². The molecule has 0 aromatic carbocycles. The van der Waals surface area contributed by atoms with E-state index in [1.54, 1.807) is 0 Å². The van der Waals surface area contributed by atoms with Gasteiger partial charge in [-0.2, -0.15) is 0 Å². The zero-order chi connectivity index (χ0) is 12.2. The van der Waals surface area contributed by atoms with Crippen molar-refractivity contribution in [2.24, 2.45) is 0 Å². The minimum absolute atomic E-state index is 0.125. The molecule has 1 unspecified atom stereocenters. The zero-order valence-electron chi connectivity index (χ0n) is 11.0. The minimum atomic E-state index is -0.125. The Morgan fingerprint density at radius 2 is 1.81 bits per heavy atom. The number of allylic oxidation sites excluding steroid dienone is 1. The molecule has 3 nitrogen and oxygen atoms in total. The third kappa shape index (κ3) is 6.99. The number of likely N-dealkylation sites (N-methyl/N-ethyl adjacent to an activating group) is 1. The highest BCUT2D eigenvalue weighted by atomic mass is 16.7.